The molecule has 1 aromatic heterocycles. The molecule has 0 saturated carbocycles. The van der Waals surface area contributed by atoms with Gasteiger partial charge in [-0.05, 0) is 37.6 Å². The van der Waals surface area contributed by atoms with E-state index in [0.717, 1.165) is 25.3 Å². The van der Waals surface area contributed by atoms with Crippen LogP contribution in [-0.2, 0) is 4.74 Å². The zero-order chi connectivity index (χ0) is 13.4. The molecule has 4 nitrogen and oxygen atoms in total. The van der Waals surface area contributed by atoms with Gasteiger partial charge in [0.15, 0.2) is 0 Å². The third-order valence-electron chi connectivity index (χ3n) is 2.99. The molecule has 1 heterocycles. The normalized spacial score (nSPS) is 12.4. The zero-order valence-corrected chi connectivity index (χ0v) is 11.9. The van der Waals surface area contributed by atoms with E-state index in [0.29, 0.717) is 12.6 Å². The highest BCUT2D eigenvalue weighted by Crippen LogP contribution is 2.17. The Hall–Kier alpha value is -1.13. The lowest BCUT2D eigenvalue weighted by molar-refractivity contribution is 0.206. The fourth-order valence-corrected chi connectivity index (χ4v) is 1.73. The van der Waals surface area contributed by atoms with Gasteiger partial charge in [-0.3, -0.25) is 0 Å². The van der Waals surface area contributed by atoms with Crippen LogP contribution in [0.5, 0.6) is 0 Å². The number of aromatic nitrogens is 1. The molecule has 1 N–H and O–H groups in total. The summed E-state index contributed by atoms with van der Waals surface area (Å²) >= 11 is 0. The molecule has 0 radical (unpaired) electrons. The molecule has 0 aliphatic carbocycles. The monoisotopic (exact) mass is 251 g/mol. The highest BCUT2D eigenvalue weighted by atomic mass is 16.5. The Morgan fingerprint density at radius 3 is 2.94 bits per heavy atom. The van der Waals surface area contributed by atoms with E-state index in [9.17, 15) is 0 Å². The second-order valence-corrected chi connectivity index (χ2v) is 4.54. The molecule has 0 aliphatic heterocycles. The number of ether oxygens (including phenoxy) is 1. The first kappa shape index (κ1) is 14.9. The smallest absolute Gasteiger partial charge is 0.128 e. The van der Waals surface area contributed by atoms with Gasteiger partial charge in [-0.15, -0.1) is 0 Å². The topological polar surface area (TPSA) is 37.4 Å². The van der Waals surface area contributed by atoms with Crippen LogP contribution in [0, 0.1) is 0 Å². The number of pyridine rings is 1. The van der Waals surface area contributed by atoms with Crippen molar-refractivity contribution < 1.29 is 4.74 Å². The number of likely N-dealkylation sites (N-methyl/N-ethyl adjacent to an activating group) is 1. The van der Waals surface area contributed by atoms with E-state index in [1.807, 2.05) is 13.2 Å². The zero-order valence-electron chi connectivity index (χ0n) is 11.9. The van der Waals surface area contributed by atoms with E-state index in [4.69, 9.17) is 4.74 Å². The van der Waals surface area contributed by atoms with E-state index in [2.05, 4.69) is 41.2 Å². The van der Waals surface area contributed by atoms with Gasteiger partial charge in [0, 0.05) is 32.9 Å². The van der Waals surface area contributed by atoms with Crippen LogP contribution >= 0.6 is 0 Å². The molecule has 102 valence electrons. The Morgan fingerprint density at radius 2 is 2.28 bits per heavy atom. The maximum atomic E-state index is 5.08. The van der Waals surface area contributed by atoms with Gasteiger partial charge in [0.25, 0.3) is 0 Å². The van der Waals surface area contributed by atoms with E-state index in [-0.39, 0.29) is 0 Å². The molecular weight excluding hydrogens is 226 g/mol. The summed E-state index contributed by atoms with van der Waals surface area (Å²) < 4.78 is 5.08. The number of hydrogen-bond donors (Lipinski definition) is 1. The molecule has 1 unspecified atom stereocenters. The van der Waals surface area contributed by atoms with Crippen LogP contribution in [0.3, 0.4) is 0 Å². The third kappa shape index (κ3) is 4.63. The van der Waals surface area contributed by atoms with Crippen molar-refractivity contribution in [2.45, 2.75) is 26.3 Å². The first-order valence-electron chi connectivity index (χ1n) is 6.58. The van der Waals surface area contributed by atoms with Gasteiger partial charge >= 0.3 is 0 Å². The first-order chi connectivity index (χ1) is 8.69. The summed E-state index contributed by atoms with van der Waals surface area (Å²) in [7, 11) is 3.75. The van der Waals surface area contributed by atoms with Crippen LogP contribution in [0.4, 0.5) is 5.82 Å². The average molecular weight is 251 g/mol. The maximum absolute atomic E-state index is 5.08. The molecular formula is C14H25N3O. The Kier molecular flexibility index (Phi) is 6.68. The Bertz CT molecular complexity index is 314. The van der Waals surface area contributed by atoms with Crippen LogP contribution in [0.15, 0.2) is 18.3 Å². The number of rotatable bonds is 8. The summed E-state index contributed by atoms with van der Waals surface area (Å²) in [6, 6.07) is 4.58. The lowest BCUT2D eigenvalue weighted by Crippen LogP contribution is -2.24. The molecule has 1 aromatic rings. The minimum absolute atomic E-state index is 0.363. The summed E-state index contributed by atoms with van der Waals surface area (Å²) in [6.45, 7) is 6.97. The predicted molar refractivity (Wildman–Crippen MR) is 76.1 cm³/mol. The van der Waals surface area contributed by atoms with Gasteiger partial charge in [-0.2, -0.15) is 0 Å². The van der Waals surface area contributed by atoms with Crippen LogP contribution in [0.2, 0.25) is 0 Å². The first-order valence-corrected chi connectivity index (χ1v) is 6.58. The predicted octanol–water partition coefficient (Wildman–Crippen LogP) is 2.22. The van der Waals surface area contributed by atoms with E-state index in [1.165, 1.54) is 5.56 Å². The number of hydrogen-bond acceptors (Lipinski definition) is 4. The van der Waals surface area contributed by atoms with Crippen molar-refractivity contribution in [3.8, 4) is 0 Å². The minimum Gasteiger partial charge on any atom is -0.383 e. The molecule has 1 rings (SSSR count). The maximum Gasteiger partial charge on any atom is 0.128 e. The SMILES string of the molecule is CCCNC(C)c1ccnc(N(C)CCOC)c1. The van der Waals surface area contributed by atoms with Crippen LogP contribution in [0.25, 0.3) is 0 Å². The van der Waals surface area contributed by atoms with Gasteiger partial charge in [-0.25, -0.2) is 4.98 Å². The second kappa shape index (κ2) is 8.06. The van der Waals surface area contributed by atoms with Crippen molar-refractivity contribution in [2.75, 3.05) is 38.8 Å². The number of nitrogens with one attached hydrogen (secondary N) is 1. The highest BCUT2D eigenvalue weighted by molar-refractivity contribution is 5.40. The molecule has 0 amide bonds. The molecule has 0 aliphatic rings. The van der Waals surface area contributed by atoms with Gasteiger partial charge in [0.2, 0.25) is 0 Å². The molecule has 1 atom stereocenters. The van der Waals surface area contributed by atoms with Gasteiger partial charge in [0.05, 0.1) is 6.61 Å². The summed E-state index contributed by atoms with van der Waals surface area (Å²) in [5, 5.41) is 3.49. The average Bonchev–Trinajstić information content (AvgIpc) is 2.42. The van der Waals surface area contributed by atoms with Gasteiger partial charge < -0.3 is 15.0 Å². The molecule has 0 fully saturated rings. The van der Waals surface area contributed by atoms with Crippen molar-refractivity contribution in [1.82, 2.24) is 10.3 Å². The molecule has 18 heavy (non-hydrogen) atoms. The summed E-state index contributed by atoms with van der Waals surface area (Å²) in [5.41, 5.74) is 1.28. The van der Waals surface area contributed by atoms with Gasteiger partial charge in [0.1, 0.15) is 5.82 Å². The van der Waals surface area contributed by atoms with Crippen molar-refractivity contribution >= 4 is 5.82 Å². The molecule has 0 saturated heterocycles. The van der Waals surface area contributed by atoms with Crippen LogP contribution in [-0.4, -0.2) is 38.8 Å². The van der Waals surface area contributed by atoms with Crippen molar-refractivity contribution in [2.24, 2.45) is 0 Å². The van der Waals surface area contributed by atoms with Crippen molar-refractivity contribution in [3.63, 3.8) is 0 Å². The van der Waals surface area contributed by atoms with Crippen LogP contribution in [0.1, 0.15) is 31.9 Å². The second-order valence-electron chi connectivity index (χ2n) is 4.54. The lowest BCUT2D eigenvalue weighted by Gasteiger charge is -2.20. The Balaban J connectivity index is 2.66. The minimum atomic E-state index is 0.363. The number of anilines is 1. The van der Waals surface area contributed by atoms with E-state index >= 15 is 0 Å². The Morgan fingerprint density at radius 1 is 1.50 bits per heavy atom. The summed E-state index contributed by atoms with van der Waals surface area (Å²) in [4.78, 5) is 6.51. The molecule has 4 heteroatoms. The number of methoxy groups -OCH3 is 1. The van der Waals surface area contributed by atoms with Crippen molar-refractivity contribution in [1.29, 1.82) is 0 Å². The fraction of sp³-hybridized carbons (Fsp3) is 0.643. The van der Waals surface area contributed by atoms with Crippen LogP contribution < -0.4 is 10.2 Å². The highest BCUT2D eigenvalue weighted by Gasteiger charge is 2.07. The number of nitrogens with zero attached hydrogens (tertiary/aromatic N) is 2. The third-order valence-corrected chi connectivity index (χ3v) is 2.99. The fourth-order valence-electron chi connectivity index (χ4n) is 1.73. The summed E-state index contributed by atoms with van der Waals surface area (Å²) in [5.74, 6) is 0.995. The van der Waals surface area contributed by atoms with Gasteiger partial charge in [-0.1, -0.05) is 6.92 Å². The standard InChI is InChI=1S/C14H25N3O/c1-5-7-15-12(2)13-6-8-16-14(11-13)17(3)9-10-18-4/h6,8,11-12,15H,5,7,9-10H2,1-4H3. The van der Waals surface area contributed by atoms with E-state index in [1.54, 1.807) is 7.11 Å². The molecule has 0 spiro atoms. The quantitative estimate of drug-likeness (QED) is 0.769. The molecule has 0 bridgehead atoms. The lowest BCUT2D eigenvalue weighted by atomic mass is 10.1. The summed E-state index contributed by atoms with van der Waals surface area (Å²) in [6.07, 6.45) is 3.02. The Labute approximate surface area is 110 Å². The largest absolute Gasteiger partial charge is 0.383 e. The van der Waals surface area contributed by atoms with E-state index < -0.39 is 0 Å². The molecule has 0 aromatic carbocycles. The van der Waals surface area contributed by atoms with Crippen molar-refractivity contribution in [3.05, 3.63) is 23.9 Å².